The first-order valence-corrected chi connectivity index (χ1v) is 9.96. The maximum atomic E-state index is 13.0. The molecule has 0 N–H and O–H groups in total. The number of hydrogen-bond acceptors (Lipinski definition) is 2. The second kappa shape index (κ2) is 7.79. The van der Waals surface area contributed by atoms with Crippen molar-refractivity contribution in [1.29, 1.82) is 0 Å². The van der Waals surface area contributed by atoms with Crippen LogP contribution in [0.5, 0.6) is 0 Å². The topological polar surface area (TPSA) is 20.3 Å². The molecule has 3 aromatic carbocycles. The first kappa shape index (κ1) is 16.9. The van der Waals surface area contributed by atoms with Gasteiger partial charge in [-0.1, -0.05) is 66.7 Å². The number of fused-ring (bicyclic) bond motifs is 1. The fourth-order valence-corrected chi connectivity index (χ4v) is 4.30. The Morgan fingerprint density at radius 3 is 2.35 bits per heavy atom. The molecule has 0 bridgehead atoms. The maximum Gasteiger partial charge on any atom is 0.231 e. The van der Waals surface area contributed by atoms with Crippen molar-refractivity contribution in [3.63, 3.8) is 0 Å². The van der Waals surface area contributed by atoms with Gasteiger partial charge in [-0.15, -0.1) is 11.8 Å². The Bertz CT molecular complexity index is 890. The lowest BCUT2D eigenvalue weighted by Crippen LogP contribution is -2.33. The molecule has 0 saturated heterocycles. The summed E-state index contributed by atoms with van der Waals surface area (Å²) >= 11 is 1.84. The van der Waals surface area contributed by atoms with E-state index in [0.717, 1.165) is 30.0 Å². The molecule has 1 amide bonds. The molecule has 0 spiro atoms. The molecular weight excluding hydrogens is 338 g/mol. The van der Waals surface area contributed by atoms with E-state index < -0.39 is 0 Å². The van der Waals surface area contributed by atoms with E-state index in [1.807, 2.05) is 47.0 Å². The maximum absolute atomic E-state index is 13.0. The average molecular weight is 359 g/mol. The normalized spacial score (nSPS) is 13.8. The third-order valence-electron chi connectivity index (χ3n) is 4.66. The van der Waals surface area contributed by atoms with E-state index >= 15 is 0 Å². The highest BCUT2D eigenvalue weighted by atomic mass is 32.2. The summed E-state index contributed by atoms with van der Waals surface area (Å²) in [6.45, 7) is 0.797. The minimum atomic E-state index is 0.174. The summed E-state index contributed by atoms with van der Waals surface area (Å²) < 4.78 is 0. The molecule has 1 aliphatic rings. The Morgan fingerprint density at radius 1 is 0.846 bits per heavy atom. The number of rotatable bonds is 3. The molecule has 0 atom stereocenters. The monoisotopic (exact) mass is 359 g/mol. The van der Waals surface area contributed by atoms with Gasteiger partial charge in [0.25, 0.3) is 0 Å². The molecule has 130 valence electrons. The summed E-state index contributed by atoms with van der Waals surface area (Å²) in [5.41, 5.74) is 4.49. The number of carbonyl (C=O) groups excluding carboxylic acids is 1. The standard InChI is InChI=1S/C23H21NOS/c25-23(24-15-6-16-26-22-10-5-4-9-21(22)24)17-18-11-13-20(14-12-18)19-7-2-1-3-8-19/h1-5,7-14H,6,15-17H2. The van der Waals surface area contributed by atoms with Crippen LogP contribution in [0.1, 0.15) is 12.0 Å². The number of hydrogen-bond donors (Lipinski definition) is 0. The van der Waals surface area contributed by atoms with Gasteiger partial charge in [0.05, 0.1) is 12.1 Å². The molecule has 0 fully saturated rings. The summed E-state index contributed by atoms with van der Waals surface area (Å²) in [6, 6.07) is 26.9. The first-order valence-electron chi connectivity index (χ1n) is 8.98. The number of carbonyl (C=O) groups is 1. The predicted octanol–water partition coefficient (Wildman–Crippen LogP) is 5.43. The van der Waals surface area contributed by atoms with Crippen LogP contribution in [-0.2, 0) is 11.2 Å². The van der Waals surface area contributed by atoms with Crippen molar-refractivity contribution < 1.29 is 4.79 Å². The Kier molecular flexibility index (Phi) is 5.07. The number of amides is 1. The predicted molar refractivity (Wildman–Crippen MR) is 110 cm³/mol. The molecule has 0 aliphatic carbocycles. The van der Waals surface area contributed by atoms with E-state index in [1.165, 1.54) is 16.0 Å². The third kappa shape index (κ3) is 3.68. The van der Waals surface area contributed by atoms with Crippen molar-refractivity contribution in [2.24, 2.45) is 0 Å². The molecule has 3 heteroatoms. The SMILES string of the molecule is O=C(Cc1ccc(-c2ccccc2)cc1)N1CCCSc2ccccc21. The van der Waals surface area contributed by atoms with Gasteiger partial charge in [-0.3, -0.25) is 4.79 Å². The average Bonchev–Trinajstić information content (AvgIpc) is 2.92. The zero-order chi connectivity index (χ0) is 17.8. The Balaban J connectivity index is 1.52. The van der Waals surface area contributed by atoms with Crippen molar-refractivity contribution in [3.05, 3.63) is 84.4 Å². The number of benzene rings is 3. The van der Waals surface area contributed by atoms with Gasteiger partial charge < -0.3 is 4.90 Å². The lowest BCUT2D eigenvalue weighted by Gasteiger charge is -2.22. The Morgan fingerprint density at radius 2 is 1.54 bits per heavy atom. The zero-order valence-electron chi connectivity index (χ0n) is 14.6. The number of thioether (sulfide) groups is 1. The molecule has 1 aliphatic heterocycles. The van der Waals surface area contributed by atoms with E-state index in [2.05, 4.69) is 48.5 Å². The molecule has 0 saturated carbocycles. The summed E-state index contributed by atoms with van der Waals surface area (Å²) in [7, 11) is 0. The second-order valence-corrected chi connectivity index (χ2v) is 7.59. The van der Waals surface area contributed by atoms with Crippen molar-refractivity contribution in [2.45, 2.75) is 17.7 Å². The van der Waals surface area contributed by atoms with E-state index in [0.29, 0.717) is 6.42 Å². The van der Waals surface area contributed by atoms with Gasteiger partial charge in [0, 0.05) is 11.4 Å². The lowest BCUT2D eigenvalue weighted by molar-refractivity contribution is -0.118. The Labute approximate surface area is 158 Å². The van der Waals surface area contributed by atoms with Gasteiger partial charge in [0.2, 0.25) is 5.91 Å². The second-order valence-electron chi connectivity index (χ2n) is 6.45. The van der Waals surface area contributed by atoms with Gasteiger partial charge in [-0.25, -0.2) is 0 Å². The highest BCUT2D eigenvalue weighted by Crippen LogP contribution is 2.33. The van der Waals surface area contributed by atoms with Gasteiger partial charge in [0.15, 0.2) is 0 Å². The van der Waals surface area contributed by atoms with Crippen molar-refractivity contribution in [1.82, 2.24) is 0 Å². The van der Waals surface area contributed by atoms with Crippen LogP contribution in [0.3, 0.4) is 0 Å². The highest BCUT2D eigenvalue weighted by Gasteiger charge is 2.21. The van der Waals surface area contributed by atoms with Crippen LogP contribution in [-0.4, -0.2) is 18.2 Å². The largest absolute Gasteiger partial charge is 0.311 e. The summed E-state index contributed by atoms with van der Waals surface area (Å²) in [4.78, 5) is 16.1. The molecule has 0 aromatic heterocycles. The van der Waals surface area contributed by atoms with Crippen LogP contribution in [0.25, 0.3) is 11.1 Å². The minimum Gasteiger partial charge on any atom is -0.311 e. The first-order chi connectivity index (χ1) is 12.8. The number of para-hydroxylation sites is 1. The lowest BCUT2D eigenvalue weighted by atomic mass is 10.0. The molecule has 1 heterocycles. The van der Waals surface area contributed by atoms with Crippen LogP contribution in [0.15, 0.2) is 83.8 Å². The number of anilines is 1. The molecule has 3 aromatic rings. The van der Waals surface area contributed by atoms with Crippen LogP contribution >= 0.6 is 11.8 Å². The Hall–Kier alpha value is -2.52. The third-order valence-corrected chi connectivity index (χ3v) is 5.81. The quantitative estimate of drug-likeness (QED) is 0.622. The number of nitrogens with zero attached hydrogens (tertiary/aromatic N) is 1. The molecule has 2 nitrogen and oxygen atoms in total. The highest BCUT2D eigenvalue weighted by molar-refractivity contribution is 7.99. The van der Waals surface area contributed by atoms with E-state index in [9.17, 15) is 4.79 Å². The molecular formula is C23H21NOS. The van der Waals surface area contributed by atoms with E-state index in [1.54, 1.807) is 0 Å². The van der Waals surface area contributed by atoms with Gasteiger partial charge in [-0.2, -0.15) is 0 Å². The fraction of sp³-hybridized carbons (Fsp3) is 0.174. The smallest absolute Gasteiger partial charge is 0.231 e. The van der Waals surface area contributed by atoms with Crippen LogP contribution in [0.4, 0.5) is 5.69 Å². The van der Waals surface area contributed by atoms with Crippen LogP contribution < -0.4 is 4.90 Å². The fourth-order valence-electron chi connectivity index (χ4n) is 3.30. The van der Waals surface area contributed by atoms with Crippen LogP contribution in [0, 0.1) is 0 Å². The zero-order valence-corrected chi connectivity index (χ0v) is 15.4. The van der Waals surface area contributed by atoms with Gasteiger partial charge in [0.1, 0.15) is 0 Å². The van der Waals surface area contributed by atoms with E-state index in [-0.39, 0.29) is 5.91 Å². The molecule has 26 heavy (non-hydrogen) atoms. The summed E-state index contributed by atoms with van der Waals surface area (Å²) in [5, 5.41) is 0. The van der Waals surface area contributed by atoms with Crippen LogP contribution in [0.2, 0.25) is 0 Å². The van der Waals surface area contributed by atoms with Crippen molar-refractivity contribution >= 4 is 23.4 Å². The van der Waals surface area contributed by atoms with Crippen molar-refractivity contribution in [2.75, 3.05) is 17.2 Å². The summed E-state index contributed by atoms with van der Waals surface area (Å²) in [6.07, 6.45) is 1.46. The van der Waals surface area contributed by atoms with Crippen molar-refractivity contribution in [3.8, 4) is 11.1 Å². The summed E-state index contributed by atoms with van der Waals surface area (Å²) in [5.74, 6) is 1.24. The molecule has 0 radical (unpaired) electrons. The molecule has 0 unspecified atom stereocenters. The van der Waals surface area contributed by atoms with Gasteiger partial charge in [-0.05, 0) is 41.0 Å². The molecule has 4 rings (SSSR count). The van der Waals surface area contributed by atoms with Gasteiger partial charge >= 0.3 is 0 Å². The minimum absolute atomic E-state index is 0.174. The van der Waals surface area contributed by atoms with E-state index in [4.69, 9.17) is 0 Å².